The molecule has 1 aromatic carbocycles. The number of rotatable bonds is 5. The van der Waals surface area contributed by atoms with E-state index in [1.165, 1.54) is 0 Å². The molecule has 1 heterocycles. The largest absolute Gasteiger partial charge is 0.506 e. The maximum atomic E-state index is 12.1. The molecule has 0 radical (unpaired) electrons. The number of phenolic OH excluding ortho intramolecular Hbond substituents is 1. The minimum atomic E-state index is -0.0608. The highest BCUT2D eigenvalue weighted by Crippen LogP contribution is 2.28. The summed E-state index contributed by atoms with van der Waals surface area (Å²) >= 11 is 0. The molecule has 0 atom stereocenters. The maximum absolute atomic E-state index is 12.1. The third-order valence-electron chi connectivity index (χ3n) is 4.40. The molecule has 128 valence electrons. The molecular weight excluding hydrogens is 302 g/mol. The van der Waals surface area contributed by atoms with Gasteiger partial charge in [0.15, 0.2) is 0 Å². The Morgan fingerprint density at radius 3 is 2.46 bits per heavy atom. The van der Waals surface area contributed by atoms with Crippen LogP contribution in [0.5, 0.6) is 5.75 Å². The van der Waals surface area contributed by atoms with Crippen molar-refractivity contribution in [3.05, 3.63) is 51.7 Å². The zero-order valence-electron chi connectivity index (χ0n) is 15.1. The van der Waals surface area contributed by atoms with E-state index in [2.05, 4.69) is 18.7 Å². The Bertz CT molecular complexity index is 818. The van der Waals surface area contributed by atoms with Gasteiger partial charge in [0.25, 0.3) is 0 Å². The van der Waals surface area contributed by atoms with Gasteiger partial charge in [-0.15, -0.1) is 0 Å². The summed E-state index contributed by atoms with van der Waals surface area (Å²) < 4.78 is 3.22. The third kappa shape index (κ3) is 3.50. The maximum Gasteiger partial charge on any atom is 0.498 e. The number of aryl methyl sites for hydroxylation is 1. The molecule has 0 fully saturated rings. The lowest BCUT2D eigenvalue weighted by atomic mass is 10.1. The van der Waals surface area contributed by atoms with Crippen molar-refractivity contribution in [2.24, 2.45) is 14.1 Å². The number of nitrogens with zero attached hydrogens (tertiary/aromatic N) is 3. The lowest BCUT2D eigenvalue weighted by Gasteiger charge is -2.22. The fraction of sp³-hybridized carbons (Fsp3) is 0.368. The summed E-state index contributed by atoms with van der Waals surface area (Å²) in [5.74, 6) is 0.269. The van der Waals surface area contributed by atoms with Gasteiger partial charge in [0.2, 0.25) is 0 Å². The number of aromatic hydroxyl groups is 1. The quantitative estimate of drug-likeness (QED) is 0.857. The first-order chi connectivity index (χ1) is 11.4. The molecule has 1 N–H and O–H groups in total. The van der Waals surface area contributed by atoms with Crippen LogP contribution in [0.1, 0.15) is 30.8 Å². The molecule has 2 rings (SSSR count). The molecular formula is C19H26N3O2+. The van der Waals surface area contributed by atoms with E-state index in [0.717, 1.165) is 35.7 Å². The summed E-state index contributed by atoms with van der Waals surface area (Å²) in [4.78, 5) is 14.2. The number of aromatic nitrogens is 2. The van der Waals surface area contributed by atoms with Crippen molar-refractivity contribution in [2.45, 2.75) is 20.8 Å². The van der Waals surface area contributed by atoms with Gasteiger partial charge in [0.1, 0.15) is 17.1 Å². The van der Waals surface area contributed by atoms with Gasteiger partial charge in [0, 0.05) is 19.2 Å². The molecule has 0 unspecified atom stereocenters. The summed E-state index contributed by atoms with van der Waals surface area (Å²) in [6, 6.07) is 7.61. The second-order valence-electron chi connectivity index (χ2n) is 5.86. The zero-order valence-corrected chi connectivity index (χ0v) is 15.1. The summed E-state index contributed by atoms with van der Waals surface area (Å²) in [5.41, 5.74) is 3.39. The van der Waals surface area contributed by atoms with Crippen LogP contribution in [0.3, 0.4) is 0 Å². The molecule has 0 saturated heterocycles. The van der Waals surface area contributed by atoms with Crippen LogP contribution >= 0.6 is 0 Å². The first kappa shape index (κ1) is 17.8. The van der Waals surface area contributed by atoms with Crippen LogP contribution in [0.4, 0.5) is 5.69 Å². The van der Waals surface area contributed by atoms with Crippen LogP contribution in [0.25, 0.3) is 12.2 Å². The Labute approximate surface area is 143 Å². The van der Waals surface area contributed by atoms with Crippen LogP contribution in [0.15, 0.2) is 29.1 Å². The van der Waals surface area contributed by atoms with E-state index in [1.54, 1.807) is 29.3 Å². The van der Waals surface area contributed by atoms with Crippen molar-refractivity contribution in [2.75, 3.05) is 18.0 Å². The smallest absolute Gasteiger partial charge is 0.498 e. The van der Waals surface area contributed by atoms with Crippen molar-refractivity contribution in [3.63, 3.8) is 0 Å². The van der Waals surface area contributed by atoms with E-state index >= 15 is 0 Å². The van der Waals surface area contributed by atoms with E-state index in [-0.39, 0.29) is 11.4 Å². The predicted molar refractivity (Wildman–Crippen MR) is 98.2 cm³/mol. The lowest BCUT2D eigenvalue weighted by molar-refractivity contribution is -0.692. The van der Waals surface area contributed by atoms with Crippen molar-refractivity contribution < 1.29 is 9.67 Å². The SMILES string of the molecule is CCN(CC)c1ccc(C=Cc2cc(C)n(C)c(=O)[n+]2C)cc1O. The van der Waals surface area contributed by atoms with Gasteiger partial charge in [-0.25, -0.2) is 0 Å². The second kappa shape index (κ2) is 7.34. The Kier molecular flexibility index (Phi) is 5.44. The van der Waals surface area contributed by atoms with E-state index in [9.17, 15) is 9.90 Å². The highest BCUT2D eigenvalue weighted by Gasteiger charge is 2.12. The molecule has 24 heavy (non-hydrogen) atoms. The molecule has 0 aliphatic carbocycles. The summed E-state index contributed by atoms with van der Waals surface area (Å²) in [5, 5.41) is 10.3. The molecule has 0 bridgehead atoms. The average molecular weight is 328 g/mol. The van der Waals surface area contributed by atoms with Crippen LogP contribution in [0, 0.1) is 6.92 Å². The first-order valence-electron chi connectivity index (χ1n) is 8.21. The van der Waals surface area contributed by atoms with Gasteiger partial charge in [0.05, 0.1) is 19.8 Å². The third-order valence-corrected chi connectivity index (χ3v) is 4.40. The number of hydrogen-bond acceptors (Lipinski definition) is 3. The summed E-state index contributed by atoms with van der Waals surface area (Å²) in [6.07, 6.45) is 3.79. The molecule has 1 aromatic heterocycles. The molecule has 0 spiro atoms. The molecule has 0 aliphatic heterocycles. The standard InChI is InChI=1S/C19H25N3O2/c1-6-22(7-2)17-11-9-15(13-18(17)23)8-10-16-12-14(3)20(4)19(24)21(16)5/h8-13H,6-7H2,1-5H3/p+1. The van der Waals surface area contributed by atoms with E-state index in [0.29, 0.717) is 0 Å². The van der Waals surface area contributed by atoms with E-state index < -0.39 is 0 Å². The second-order valence-corrected chi connectivity index (χ2v) is 5.86. The minimum absolute atomic E-state index is 0.0608. The molecule has 2 aromatic rings. The number of hydrogen-bond donors (Lipinski definition) is 1. The van der Waals surface area contributed by atoms with Crippen LogP contribution in [0.2, 0.25) is 0 Å². The number of anilines is 1. The highest BCUT2D eigenvalue weighted by atomic mass is 16.3. The number of phenols is 1. The first-order valence-corrected chi connectivity index (χ1v) is 8.21. The fourth-order valence-corrected chi connectivity index (χ4v) is 2.71. The Morgan fingerprint density at radius 1 is 1.21 bits per heavy atom. The molecule has 5 heteroatoms. The van der Waals surface area contributed by atoms with E-state index in [1.807, 2.05) is 37.3 Å². The van der Waals surface area contributed by atoms with Gasteiger partial charge in [-0.1, -0.05) is 12.1 Å². The summed E-state index contributed by atoms with van der Waals surface area (Å²) in [7, 11) is 3.51. The summed E-state index contributed by atoms with van der Waals surface area (Å²) in [6.45, 7) is 7.73. The van der Waals surface area contributed by atoms with Crippen molar-refractivity contribution in [1.82, 2.24) is 4.57 Å². The van der Waals surface area contributed by atoms with Gasteiger partial charge in [-0.2, -0.15) is 13.9 Å². The molecule has 0 amide bonds. The Balaban J connectivity index is 2.34. The Morgan fingerprint density at radius 2 is 1.88 bits per heavy atom. The Hall–Kier alpha value is -2.56. The van der Waals surface area contributed by atoms with Crippen LogP contribution in [-0.4, -0.2) is 22.8 Å². The van der Waals surface area contributed by atoms with Crippen molar-refractivity contribution >= 4 is 17.8 Å². The normalized spacial score (nSPS) is 11.2. The fourth-order valence-electron chi connectivity index (χ4n) is 2.71. The van der Waals surface area contributed by atoms with Crippen LogP contribution in [-0.2, 0) is 14.1 Å². The molecule has 0 saturated carbocycles. The van der Waals surface area contributed by atoms with Gasteiger partial charge >= 0.3 is 5.69 Å². The average Bonchev–Trinajstić information content (AvgIpc) is 2.57. The number of benzene rings is 1. The molecule has 5 nitrogen and oxygen atoms in total. The topological polar surface area (TPSA) is 49.4 Å². The zero-order chi connectivity index (χ0) is 17.9. The van der Waals surface area contributed by atoms with Crippen molar-refractivity contribution in [1.29, 1.82) is 0 Å². The van der Waals surface area contributed by atoms with Gasteiger partial charge in [-0.05, 0) is 44.5 Å². The lowest BCUT2D eigenvalue weighted by Crippen LogP contribution is -2.53. The van der Waals surface area contributed by atoms with Gasteiger partial charge in [-0.3, -0.25) is 0 Å². The molecule has 0 aliphatic rings. The van der Waals surface area contributed by atoms with Crippen LogP contribution < -0.4 is 15.2 Å². The van der Waals surface area contributed by atoms with E-state index in [4.69, 9.17) is 0 Å². The van der Waals surface area contributed by atoms with Crippen molar-refractivity contribution in [3.8, 4) is 5.75 Å². The monoisotopic (exact) mass is 328 g/mol. The van der Waals surface area contributed by atoms with Gasteiger partial charge < -0.3 is 10.0 Å². The highest BCUT2D eigenvalue weighted by molar-refractivity contribution is 5.71. The minimum Gasteiger partial charge on any atom is -0.506 e. The predicted octanol–water partition coefficient (Wildman–Crippen LogP) is 2.24.